The van der Waals surface area contributed by atoms with Crippen LogP contribution < -0.4 is 5.43 Å². The Kier molecular flexibility index (Phi) is 3.79. The molecule has 100 valence electrons. The van der Waals surface area contributed by atoms with Crippen LogP contribution in [0, 0.1) is 5.41 Å². The molecule has 19 heavy (non-hydrogen) atoms. The van der Waals surface area contributed by atoms with Crippen LogP contribution in [0.2, 0.25) is 0 Å². The van der Waals surface area contributed by atoms with Crippen molar-refractivity contribution in [2.75, 3.05) is 0 Å². The van der Waals surface area contributed by atoms with Gasteiger partial charge in [-0.05, 0) is 43.4 Å². The molecular weight excluding hydrogens is 238 g/mol. The van der Waals surface area contributed by atoms with Crippen molar-refractivity contribution in [3.63, 3.8) is 0 Å². The Morgan fingerprint density at radius 3 is 2.79 bits per heavy atom. The predicted octanol–water partition coefficient (Wildman–Crippen LogP) is 2.93. The fourth-order valence-corrected chi connectivity index (χ4v) is 2.44. The topological polar surface area (TPSA) is 54.4 Å². The molecule has 4 heteroatoms. The number of aromatic nitrogens is 1. The molecule has 4 nitrogen and oxygen atoms in total. The summed E-state index contributed by atoms with van der Waals surface area (Å²) in [7, 11) is 0. The zero-order chi connectivity index (χ0) is 13.9. The molecule has 1 aliphatic carbocycles. The molecule has 1 amide bonds. The minimum absolute atomic E-state index is 0.202. The minimum Gasteiger partial charge on any atom is -0.266 e. The molecule has 1 aliphatic rings. The van der Waals surface area contributed by atoms with Crippen LogP contribution in [0.4, 0.5) is 0 Å². The van der Waals surface area contributed by atoms with Gasteiger partial charge >= 0.3 is 0 Å². The maximum absolute atomic E-state index is 11.8. The molecule has 0 atom stereocenters. The summed E-state index contributed by atoms with van der Waals surface area (Å²) in [5.74, 6) is -0.275. The second-order valence-electron chi connectivity index (χ2n) is 5.77. The molecule has 0 bridgehead atoms. The van der Waals surface area contributed by atoms with E-state index in [1.165, 1.54) is 5.57 Å². The summed E-state index contributed by atoms with van der Waals surface area (Å²) in [6.45, 7) is 6.51. The Balaban J connectivity index is 2.07. The van der Waals surface area contributed by atoms with E-state index >= 15 is 0 Å². The van der Waals surface area contributed by atoms with Crippen molar-refractivity contribution in [2.24, 2.45) is 10.5 Å². The largest absolute Gasteiger partial charge is 0.289 e. The van der Waals surface area contributed by atoms with E-state index < -0.39 is 0 Å². The molecule has 0 radical (unpaired) electrons. The molecule has 1 heterocycles. The second kappa shape index (κ2) is 5.34. The highest BCUT2D eigenvalue weighted by Crippen LogP contribution is 2.33. The summed E-state index contributed by atoms with van der Waals surface area (Å²) in [5, 5.41) is 4.21. The van der Waals surface area contributed by atoms with Gasteiger partial charge in [0.25, 0.3) is 5.91 Å². The average Bonchev–Trinajstić information content (AvgIpc) is 2.34. The normalized spacial score (nSPS) is 19.9. The Bertz CT molecular complexity index is 530. The molecule has 1 aromatic rings. The lowest BCUT2D eigenvalue weighted by atomic mass is 9.77. The third-order valence-corrected chi connectivity index (χ3v) is 3.03. The van der Waals surface area contributed by atoms with E-state index in [0.29, 0.717) is 5.69 Å². The van der Waals surface area contributed by atoms with Gasteiger partial charge in [0.2, 0.25) is 0 Å². The summed E-state index contributed by atoms with van der Waals surface area (Å²) in [6, 6.07) is 5.22. The zero-order valence-corrected chi connectivity index (χ0v) is 11.6. The first-order valence-electron chi connectivity index (χ1n) is 6.41. The first-order chi connectivity index (χ1) is 8.96. The molecule has 0 saturated carbocycles. The number of hydrogen-bond donors (Lipinski definition) is 1. The molecule has 1 aromatic heterocycles. The van der Waals surface area contributed by atoms with Crippen molar-refractivity contribution in [1.82, 2.24) is 10.4 Å². The van der Waals surface area contributed by atoms with Crippen molar-refractivity contribution < 1.29 is 4.79 Å². The number of nitrogens with zero attached hydrogens (tertiary/aromatic N) is 2. The number of nitrogens with one attached hydrogen (secondary N) is 1. The number of carbonyl (C=O) groups excluding carboxylic acids is 1. The lowest BCUT2D eigenvalue weighted by Gasteiger charge is -2.29. The highest BCUT2D eigenvalue weighted by Gasteiger charge is 2.24. The van der Waals surface area contributed by atoms with E-state index in [9.17, 15) is 4.79 Å². The van der Waals surface area contributed by atoms with Gasteiger partial charge in [-0.2, -0.15) is 5.10 Å². The van der Waals surface area contributed by atoms with Crippen LogP contribution in [0.25, 0.3) is 0 Å². The first kappa shape index (κ1) is 13.5. The van der Waals surface area contributed by atoms with Gasteiger partial charge in [0, 0.05) is 6.20 Å². The van der Waals surface area contributed by atoms with Gasteiger partial charge in [0.1, 0.15) is 5.69 Å². The number of pyridine rings is 1. The van der Waals surface area contributed by atoms with Crippen LogP contribution in [0.1, 0.15) is 44.1 Å². The Labute approximate surface area is 113 Å². The van der Waals surface area contributed by atoms with Crippen LogP contribution in [0.15, 0.2) is 41.1 Å². The van der Waals surface area contributed by atoms with Gasteiger partial charge in [0.15, 0.2) is 0 Å². The SMILES string of the molecule is CC1=CC(=NNC(=O)c2ccccn2)CC(C)(C)C1. The van der Waals surface area contributed by atoms with Crippen molar-refractivity contribution in [2.45, 2.75) is 33.6 Å². The number of rotatable bonds is 2. The van der Waals surface area contributed by atoms with Gasteiger partial charge < -0.3 is 0 Å². The smallest absolute Gasteiger partial charge is 0.266 e. The predicted molar refractivity (Wildman–Crippen MR) is 75.9 cm³/mol. The van der Waals surface area contributed by atoms with Crippen LogP contribution in [0.5, 0.6) is 0 Å². The van der Waals surface area contributed by atoms with Crippen molar-refractivity contribution >= 4 is 11.6 Å². The summed E-state index contributed by atoms with van der Waals surface area (Å²) in [5.41, 5.74) is 5.36. The fourth-order valence-electron chi connectivity index (χ4n) is 2.44. The highest BCUT2D eigenvalue weighted by atomic mass is 16.2. The maximum Gasteiger partial charge on any atom is 0.289 e. The highest BCUT2D eigenvalue weighted by molar-refractivity contribution is 5.99. The minimum atomic E-state index is -0.275. The van der Waals surface area contributed by atoms with Crippen molar-refractivity contribution in [1.29, 1.82) is 0 Å². The third kappa shape index (κ3) is 3.74. The molecule has 0 unspecified atom stereocenters. The molecular formula is C15H19N3O. The molecule has 0 aliphatic heterocycles. The summed E-state index contributed by atoms with van der Waals surface area (Å²) < 4.78 is 0. The van der Waals surface area contributed by atoms with Crippen LogP contribution in [-0.2, 0) is 0 Å². The zero-order valence-electron chi connectivity index (χ0n) is 11.6. The van der Waals surface area contributed by atoms with E-state index in [1.54, 1.807) is 24.4 Å². The summed E-state index contributed by atoms with van der Waals surface area (Å²) >= 11 is 0. The fraction of sp³-hybridized carbons (Fsp3) is 0.400. The lowest BCUT2D eigenvalue weighted by molar-refractivity contribution is 0.0949. The van der Waals surface area contributed by atoms with E-state index in [-0.39, 0.29) is 11.3 Å². The van der Waals surface area contributed by atoms with Gasteiger partial charge in [-0.3, -0.25) is 9.78 Å². The standard InChI is InChI=1S/C15H19N3O/c1-11-8-12(10-15(2,3)9-11)17-18-14(19)13-6-4-5-7-16-13/h4-8H,9-10H2,1-3H3,(H,18,19). The third-order valence-electron chi connectivity index (χ3n) is 3.03. The second-order valence-corrected chi connectivity index (χ2v) is 5.77. The number of hydrogen-bond acceptors (Lipinski definition) is 3. The summed E-state index contributed by atoms with van der Waals surface area (Å²) in [4.78, 5) is 15.8. The number of allylic oxidation sites excluding steroid dienone is 2. The quantitative estimate of drug-likeness (QED) is 0.828. The maximum atomic E-state index is 11.8. The lowest BCUT2D eigenvalue weighted by Crippen LogP contribution is -2.25. The van der Waals surface area contributed by atoms with Crippen LogP contribution >= 0.6 is 0 Å². The Morgan fingerprint density at radius 2 is 2.16 bits per heavy atom. The Morgan fingerprint density at radius 1 is 1.37 bits per heavy atom. The number of hydrazone groups is 1. The Hall–Kier alpha value is -1.97. The van der Waals surface area contributed by atoms with E-state index in [0.717, 1.165) is 18.6 Å². The van der Waals surface area contributed by atoms with Gasteiger partial charge in [0.05, 0.1) is 5.71 Å². The molecule has 1 N–H and O–H groups in total. The van der Waals surface area contributed by atoms with Gasteiger partial charge in [-0.15, -0.1) is 0 Å². The van der Waals surface area contributed by atoms with Gasteiger partial charge in [-0.25, -0.2) is 5.43 Å². The van der Waals surface area contributed by atoms with Crippen molar-refractivity contribution in [3.05, 3.63) is 41.7 Å². The molecule has 0 saturated heterocycles. The average molecular weight is 257 g/mol. The summed E-state index contributed by atoms with van der Waals surface area (Å²) in [6.07, 6.45) is 5.58. The van der Waals surface area contributed by atoms with Crippen LogP contribution in [0.3, 0.4) is 0 Å². The molecule has 2 rings (SSSR count). The first-order valence-corrected chi connectivity index (χ1v) is 6.41. The molecule has 0 fully saturated rings. The van der Waals surface area contributed by atoms with E-state index in [1.807, 2.05) is 6.08 Å². The van der Waals surface area contributed by atoms with Gasteiger partial charge in [-0.1, -0.05) is 25.5 Å². The van der Waals surface area contributed by atoms with E-state index in [4.69, 9.17) is 0 Å². The molecule has 0 aromatic carbocycles. The number of carbonyl (C=O) groups is 1. The van der Waals surface area contributed by atoms with Crippen molar-refractivity contribution in [3.8, 4) is 0 Å². The number of amides is 1. The van der Waals surface area contributed by atoms with E-state index in [2.05, 4.69) is 36.3 Å². The molecule has 0 spiro atoms. The van der Waals surface area contributed by atoms with Crippen LogP contribution in [-0.4, -0.2) is 16.6 Å². The monoisotopic (exact) mass is 257 g/mol.